The van der Waals surface area contributed by atoms with Crippen molar-refractivity contribution in [1.82, 2.24) is 10.3 Å². The van der Waals surface area contributed by atoms with E-state index in [9.17, 15) is 9.59 Å². The summed E-state index contributed by atoms with van der Waals surface area (Å²) in [6, 6.07) is 3.26. The zero-order valence-electron chi connectivity index (χ0n) is 12.5. The summed E-state index contributed by atoms with van der Waals surface area (Å²) in [6.45, 7) is 6.05. The van der Waals surface area contributed by atoms with E-state index in [0.717, 1.165) is 5.69 Å². The molecular formula is C15H21ClN2O3. The summed E-state index contributed by atoms with van der Waals surface area (Å²) in [5.74, 6) is -1.25. The molecule has 0 spiro atoms. The van der Waals surface area contributed by atoms with Crippen molar-refractivity contribution in [3.8, 4) is 0 Å². The molecule has 1 rings (SSSR count). The van der Waals surface area contributed by atoms with Gasteiger partial charge in [-0.15, -0.1) is 0 Å². The molecular weight excluding hydrogens is 292 g/mol. The third-order valence-corrected chi connectivity index (χ3v) is 3.38. The topological polar surface area (TPSA) is 79.3 Å². The highest BCUT2D eigenvalue weighted by molar-refractivity contribution is 6.29. The molecule has 0 aliphatic carbocycles. The maximum absolute atomic E-state index is 12.0. The lowest BCUT2D eigenvalue weighted by Gasteiger charge is -2.10. The summed E-state index contributed by atoms with van der Waals surface area (Å²) in [5.41, 5.74) is 1.25. The molecule has 6 heteroatoms. The van der Waals surface area contributed by atoms with Crippen molar-refractivity contribution in [3.05, 3.63) is 28.5 Å². The summed E-state index contributed by atoms with van der Waals surface area (Å²) >= 11 is 5.92. The van der Waals surface area contributed by atoms with Crippen LogP contribution in [0.25, 0.3) is 0 Å². The Hall–Kier alpha value is -1.62. The molecule has 5 nitrogen and oxygen atoms in total. The molecule has 0 aliphatic heterocycles. The highest BCUT2D eigenvalue weighted by Gasteiger charge is 2.12. The van der Waals surface area contributed by atoms with E-state index in [1.165, 1.54) is 6.07 Å². The predicted molar refractivity (Wildman–Crippen MR) is 81.7 cm³/mol. The van der Waals surface area contributed by atoms with Gasteiger partial charge in [0.25, 0.3) is 5.91 Å². The van der Waals surface area contributed by atoms with Gasteiger partial charge in [0, 0.05) is 17.8 Å². The summed E-state index contributed by atoms with van der Waals surface area (Å²) in [7, 11) is 0. The number of nitrogens with zero attached hydrogens (tertiary/aromatic N) is 1. The fourth-order valence-electron chi connectivity index (χ4n) is 1.78. The largest absolute Gasteiger partial charge is 0.481 e. The second kappa shape index (κ2) is 7.98. The zero-order valence-corrected chi connectivity index (χ0v) is 13.3. The molecule has 0 fully saturated rings. The number of nitrogens with one attached hydrogen (secondary N) is 1. The van der Waals surface area contributed by atoms with Gasteiger partial charge in [-0.3, -0.25) is 9.59 Å². The number of rotatable bonds is 7. The number of pyridine rings is 1. The number of aliphatic carboxylic acids is 1. The van der Waals surface area contributed by atoms with Gasteiger partial charge in [-0.05, 0) is 30.9 Å². The molecule has 1 heterocycles. The third-order valence-electron chi connectivity index (χ3n) is 3.19. The number of hydrogen-bond donors (Lipinski definition) is 2. The maximum Gasteiger partial charge on any atom is 0.306 e. The van der Waals surface area contributed by atoms with Crippen LogP contribution in [0.4, 0.5) is 0 Å². The minimum Gasteiger partial charge on any atom is -0.481 e. The number of carboxylic acid groups (broad SMARTS) is 1. The van der Waals surface area contributed by atoms with Crippen LogP contribution in [0.1, 0.15) is 55.6 Å². The SMILES string of the molecule is CC(CCCNC(=O)c1cc(Cl)nc(C(C)C)c1)C(=O)O. The Morgan fingerprint density at radius 3 is 2.57 bits per heavy atom. The molecule has 0 aliphatic rings. The maximum atomic E-state index is 12.0. The number of aromatic nitrogens is 1. The van der Waals surface area contributed by atoms with E-state index in [1.807, 2.05) is 13.8 Å². The molecule has 2 N–H and O–H groups in total. The number of carbonyl (C=O) groups excluding carboxylic acids is 1. The van der Waals surface area contributed by atoms with Gasteiger partial charge in [0.1, 0.15) is 5.15 Å². The molecule has 1 aromatic rings. The molecule has 0 radical (unpaired) electrons. The van der Waals surface area contributed by atoms with E-state index in [1.54, 1.807) is 13.0 Å². The van der Waals surface area contributed by atoms with Crippen molar-refractivity contribution in [2.24, 2.45) is 5.92 Å². The van der Waals surface area contributed by atoms with Crippen LogP contribution >= 0.6 is 11.6 Å². The van der Waals surface area contributed by atoms with Crippen LogP contribution in [0.3, 0.4) is 0 Å². The molecule has 0 saturated heterocycles. The minimum atomic E-state index is -0.816. The standard InChI is InChI=1S/C15H21ClN2O3/c1-9(2)12-7-11(8-13(16)18-12)14(19)17-6-4-5-10(3)15(20)21/h7-10H,4-6H2,1-3H3,(H,17,19)(H,20,21). The van der Waals surface area contributed by atoms with Crippen molar-refractivity contribution in [1.29, 1.82) is 0 Å². The number of halogens is 1. The fraction of sp³-hybridized carbons (Fsp3) is 0.533. The second-order valence-corrected chi connectivity index (χ2v) is 5.78. The van der Waals surface area contributed by atoms with Gasteiger partial charge in [-0.25, -0.2) is 4.98 Å². The summed E-state index contributed by atoms with van der Waals surface area (Å²) < 4.78 is 0. The number of amides is 1. The first-order chi connectivity index (χ1) is 9.81. The van der Waals surface area contributed by atoms with Gasteiger partial charge < -0.3 is 10.4 Å². The smallest absolute Gasteiger partial charge is 0.306 e. The summed E-state index contributed by atoms with van der Waals surface area (Å²) in [4.78, 5) is 26.9. The van der Waals surface area contributed by atoms with Crippen LogP contribution in [0, 0.1) is 5.92 Å². The lowest BCUT2D eigenvalue weighted by atomic mass is 10.1. The van der Waals surface area contributed by atoms with Gasteiger partial charge >= 0.3 is 5.97 Å². The van der Waals surface area contributed by atoms with E-state index in [4.69, 9.17) is 16.7 Å². The second-order valence-electron chi connectivity index (χ2n) is 5.40. The Bertz CT molecular complexity index is 518. The van der Waals surface area contributed by atoms with Crippen LogP contribution in [-0.2, 0) is 4.79 Å². The van der Waals surface area contributed by atoms with Gasteiger partial charge in [0.15, 0.2) is 0 Å². The van der Waals surface area contributed by atoms with Crippen LogP contribution in [0.15, 0.2) is 12.1 Å². The Morgan fingerprint density at radius 1 is 1.33 bits per heavy atom. The van der Waals surface area contributed by atoms with Crippen LogP contribution in [-0.4, -0.2) is 28.5 Å². The molecule has 21 heavy (non-hydrogen) atoms. The van der Waals surface area contributed by atoms with E-state index in [0.29, 0.717) is 30.1 Å². The molecule has 0 bridgehead atoms. The average molecular weight is 313 g/mol. The van der Waals surface area contributed by atoms with Crippen molar-refractivity contribution < 1.29 is 14.7 Å². The number of hydrogen-bond acceptors (Lipinski definition) is 3. The molecule has 1 unspecified atom stereocenters. The van der Waals surface area contributed by atoms with Crippen molar-refractivity contribution in [2.45, 2.75) is 39.5 Å². The van der Waals surface area contributed by atoms with Crippen molar-refractivity contribution in [2.75, 3.05) is 6.54 Å². The Kier molecular flexibility index (Phi) is 6.62. The van der Waals surface area contributed by atoms with Gasteiger partial charge in [0.2, 0.25) is 0 Å². The van der Waals surface area contributed by atoms with Crippen molar-refractivity contribution >= 4 is 23.5 Å². The Balaban J connectivity index is 2.54. The van der Waals surface area contributed by atoms with Crippen LogP contribution < -0.4 is 5.32 Å². The van der Waals surface area contributed by atoms with E-state index in [-0.39, 0.29) is 11.8 Å². The predicted octanol–water partition coefficient (Wildman–Crippen LogP) is 3.09. The van der Waals surface area contributed by atoms with Crippen LogP contribution in [0.2, 0.25) is 5.15 Å². The molecule has 1 aromatic heterocycles. The average Bonchev–Trinajstić information content (AvgIpc) is 2.42. The van der Waals surface area contributed by atoms with E-state index < -0.39 is 11.9 Å². The summed E-state index contributed by atoms with van der Waals surface area (Å²) in [6.07, 6.45) is 1.15. The molecule has 0 aromatic carbocycles. The number of carbonyl (C=O) groups is 2. The first-order valence-corrected chi connectivity index (χ1v) is 7.37. The Morgan fingerprint density at radius 2 is 2.00 bits per heavy atom. The van der Waals surface area contributed by atoms with Gasteiger partial charge in [0.05, 0.1) is 5.92 Å². The van der Waals surface area contributed by atoms with Crippen LogP contribution in [0.5, 0.6) is 0 Å². The first-order valence-electron chi connectivity index (χ1n) is 6.99. The normalized spacial score (nSPS) is 12.2. The quantitative estimate of drug-likeness (QED) is 0.599. The lowest BCUT2D eigenvalue weighted by Crippen LogP contribution is -2.25. The van der Waals surface area contributed by atoms with Gasteiger partial charge in [-0.1, -0.05) is 32.4 Å². The first kappa shape index (κ1) is 17.4. The monoisotopic (exact) mass is 312 g/mol. The summed E-state index contributed by atoms with van der Waals surface area (Å²) in [5, 5.41) is 11.8. The lowest BCUT2D eigenvalue weighted by molar-refractivity contribution is -0.141. The Labute approximate surface area is 129 Å². The van der Waals surface area contributed by atoms with E-state index >= 15 is 0 Å². The highest BCUT2D eigenvalue weighted by Crippen LogP contribution is 2.17. The fourth-order valence-corrected chi connectivity index (χ4v) is 1.99. The number of carboxylic acids is 1. The minimum absolute atomic E-state index is 0.187. The zero-order chi connectivity index (χ0) is 16.0. The van der Waals surface area contributed by atoms with E-state index in [2.05, 4.69) is 10.3 Å². The third kappa shape index (κ3) is 5.71. The van der Waals surface area contributed by atoms with Gasteiger partial charge in [-0.2, -0.15) is 0 Å². The van der Waals surface area contributed by atoms with Crippen molar-refractivity contribution in [3.63, 3.8) is 0 Å². The molecule has 116 valence electrons. The molecule has 1 amide bonds. The molecule has 0 saturated carbocycles. The molecule has 1 atom stereocenters. The highest BCUT2D eigenvalue weighted by atomic mass is 35.5.